The van der Waals surface area contributed by atoms with Crippen molar-refractivity contribution in [1.29, 1.82) is 0 Å². The number of hydrogen-bond acceptors (Lipinski definition) is 8. The molecule has 0 saturated carbocycles. The van der Waals surface area contributed by atoms with Gasteiger partial charge in [-0.2, -0.15) is 8.42 Å². The standard InChI is InChI=1S/C19H24N4O6S/c1-14-20-18(21-11-8-15-6-3-4-7-16(15)9-12-21)17(23(25)26)19(24)22(14)10-5-13-29-30(2,27)28/h3-4,6-7H,5,8-13H2,1-2H3. The molecule has 2 heterocycles. The van der Waals surface area contributed by atoms with Gasteiger partial charge in [0.1, 0.15) is 5.82 Å². The molecule has 0 spiro atoms. The van der Waals surface area contributed by atoms with E-state index in [1.807, 2.05) is 24.3 Å². The third-order valence-electron chi connectivity index (χ3n) is 5.04. The molecule has 11 heteroatoms. The van der Waals surface area contributed by atoms with Crippen LogP contribution in [0.2, 0.25) is 0 Å². The summed E-state index contributed by atoms with van der Waals surface area (Å²) in [4.78, 5) is 30.1. The molecule has 0 saturated heterocycles. The first-order valence-electron chi connectivity index (χ1n) is 9.59. The number of rotatable bonds is 7. The molecule has 2 aromatic rings. The molecule has 1 aromatic carbocycles. The lowest BCUT2D eigenvalue weighted by molar-refractivity contribution is -0.386. The van der Waals surface area contributed by atoms with Crippen LogP contribution in [-0.2, 0) is 33.7 Å². The molecule has 0 amide bonds. The Bertz CT molecular complexity index is 1090. The number of aryl methyl sites for hydroxylation is 1. The highest BCUT2D eigenvalue weighted by Gasteiger charge is 2.29. The van der Waals surface area contributed by atoms with Crippen molar-refractivity contribution in [2.75, 3.05) is 30.9 Å². The predicted octanol–water partition coefficient (Wildman–Crippen LogP) is 1.43. The van der Waals surface area contributed by atoms with Crippen LogP contribution in [0.4, 0.5) is 11.5 Å². The average Bonchev–Trinajstić information content (AvgIpc) is 2.88. The molecule has 0 atom stereocenters. The molecule has 162 valence electrons. The summed E-state index contributed by atoms with van der Waals surface area (Å²) < 4.78 is 28.0. The number of nitro groups is 1. The van der Waals surface area contributed by atoms with Crippen LogP contribution in [-0.4, -0.2) is 48.8 Å². The van der Waals surface area contributed by atoms with Crippen molar-refractivity contribution in [2.45, 2.75) is 32.7 Å². The van der Waals surface area contributed by atoms with Crippen LogP contribution in [0.15, 0.2) is 29.1 Å². The largest absolute Gasteiger partial charge is 0.376 e. The van der Waals surface area contributed by atoms with Gasteiger partial charge < -0.3 is 4.90 Å². The number of fused-ring (bicyclic) bond motifs is 1. The molecule has 0 N–H and O–H groups in total. The van der Waals surface area contributed by atoms with E-state index in [9.17, 15) is 23.3 Å². The van der Waals surface area contributed by atoms with Crippen molar-refractivity contribution < 1.29 is 17.5 Å². The number of nitrogens with zero attached hydrogens (tertiary/aromatic N) is 4. The lowest BCUT2D eigenvalue weighted by atomic mass is 10.0. The summed E-state index contributed by atoms with van der Waals surface area (Å²) >= 11 is 0. The molecule has 10 nitrogen and oxygen atoms in total. The Balaban J connectivity index is 1.87. The van der Waals surface area contributed by atoms with E-state index in [0.29, 0.717) is 31.8 Å². The Morgan fingerprint density at radius 1 is 1.20 bits per heavy atom. The van der Waals surface area contributed by atoms with E-state index in [4.69, 9.17) is 0 Å². The summed E-state index contributed by atoms with van der Waals surface area (Å²) in [7, 11) is -3.59. The highest BCUT2D eigenvalue weighted by Crippen LogP contribution is 2.26. The van der Waals surface area contributed by atoms with Crippen LogP contribution in [0, 0.1) is 17.0 Å². The molecule has 0 radical (unpaired) electrons. The van der Waals surface area contributed by atoms with Crippen molar-refractivity contribution in [1.82, 2.24) is 9.55 Å². The molecule has 0 bridgehead atoms. The highest BCUT2D eigenvalue weighted by atomic mass is 32.2. The third kappa shape index (κ3) is 5.03. The zero-order chi connectivity index (χ0) is 21.9. The van der Waals surface area contributed by atoms with Gasteiger partial charge in [-0.1, -0.05) is 24.3 Å². The van der Waals surface area contributed by atoms with Crippen LogP contribution in [0.1, 0.15) is 23.4 Å². The van der Waals surface area contributed by atoms with E-state index < -0.39 is 26.3 Å². The van der Waals surface area contributed by atoms with E-state index in [1.165, 1.54) is 15.7 Å². The average molecular weight is 436 g/mol. The minimum atomic E-state index is -3.59. The lowest BCUT2D eigenvalue weighted by Crippen LogP contribution is -2.34. The van der Waals surface area contributed by atoms with Gasteiger partial charge in [0.15, 0.2) is 0 Å². The quantitative estimate of drug-likeness (QED) is 0.276. The molecule has 0 unspecified atom stereocenters. The van der Waals surface area contributed by atoms with Crippen molar-refractivity contribution in [3.8, 4) is 0 Å². The molecule has 0 aliphatic carbocycles. The van der Waals surface area contributed by atoms with Crippen molar-refractivity contribution in [3.05, 3.63) is 61.7 Å². The second-order valence-electron chi connectivity index (χ2n) is 7.18. The number of anilines is 1. The van der Waals surface area contributed by atoms with Crippen LogP contribution in [0.3, 0.4) is 0 Å². The summed E-state index contributed by atoms with van der Waals surface area (Å²) in [5.41, 5.74) is 1.08. The van der Waals surface area contributed by atoms with Gasteiger partial charge in [-0.25, -0.2) is 4.98 Å². The molecule has 3 rings (SSSR count). The van der Waals surface area contributed by atoms with Gasteiger partial charge in [-0.15, -0.1) is 0 Å². The normalized spacial score (nSPS) is 14.3. The smallest absolute Gasteiger partial charge is 0.350 e. The Morgan fingerprint density at radius 3 is 2.33 bits per heavy atom. The molecule has 0 fully saturated rings. The van der Waals surface area contributed by atoms with Crippen molar-refractivity contribution >= 4 is 21.6 Å². The Labute approximate surface area is 174 Å². The molecule has 1 aliphatic rings. The van der Waals surface area contributed by atoms with Gasteiger partial charge in [0.05, 0.1) is 17.8 Å². The van der Waals surface area contributed by atoms with Gasteiger partial charge >= 0.3 is 11.2 Å². The van der Waals surface area contributed by atoms with Crippen molar-refractivity contribution in [2.24, 2.45) is 0 Å². The number of benzene rings is 1. The summed E-state index contributed by atoms with van der Waals surface area (Å²) in [6, 6.07) is 8.02. The molecule has 1 aliphatic heterocycles. The van der Waals surface area contributed by atoms with E-state index in [-0.39, 0.29) is 25.4 Å². The first kappa shape index (κ1) is 21.9. The molecule has 1 aromatic heterocycles. The Hall–Kier alpha value is -2.79. The predicted molar refractivity (Wildman–Crippen MR) is 111 cm³/mol. The second kappa shape index (κ2) is 8.92. The zero-order valence-electron chi connectivity index (χ0n) is 16.9. The fraction of sp³-hybridized carbons (Fsp3) is 0.474. The summed E-state index contributed by atoms with van der Waals surface area (Å²) in [5, 5.41) is 11.7. The van der Waals surface area contributed by atoms with E-state index in [0.717, 1.165) is 6.26 Å². The number of aromatic nitrogens is 2. The minimum Gasteiger partial charge on any atom is -0.350 e. The van der Waals surface area contributed by atoms with Gasteiger partial charge in [-0.05, 0) is 37.3 Å². The molecule has 30 heavy (non-hydrogen) atoms. The van der Waals surface area contributed by atoms with Gasteiger partial charge in [-0.3, -0.25) is 23.7 Å². The molecular weight excluding hydrogens is 412 g/mol. The Kier molecular flexibility index (Phi) is 6.52. The topological polar surface area (TPSA) is 125 Å². The SMILES string of the molecule is Cc1nc(N2CCc3ccccc3CC2)c([N+](=O)[O-])c(=O)n1CCCOS(C)(=O)=O. The first-order valence-corrected chi connectivity index (χ1v) is 11.4. The minimum absolute atomic E-state index is 0.0692. The third-order valence-corrected chi connectivity index (χ3v) is 5.64. The van der Waals surface area contributed by atoms with Gasteiger partial charge in [0.2, 0.25) is 5.82 Å². The van der Waals surface area contributed by atoms with Gasteiger partial charge in [0.25, 0.3) is 10.1 Å². The maximum absolute atomic E-state index is 12.9. The fourth-order valence-corrected chi connectivity index (χ4v) is 4.01. The van der Waals surface area contributed by atoms with E-state index in [1.54, 1.807) is 11.8 Å². The van der Waals surface area contributed by atoms with Crippen molar-refractivity contribution in [3.63, 3.8) is 0 Å². The Morgan fingerprint density at radius 2 is 1.80 bits per heavy atom. The molecular formula is C19H24N4O6S. The zero-order valence-corrected chi connectivity index (χ0v) is 17.7. The summed E-state index contributed by atoms with van der Waals surface area (Å²) in [6.07, 6.45) is 2.55. The fourth-order valence-electron chi connectivity index (χ4n) is 3.59. The van der Waals surface area contributed by atoms with E-state index in [2.05, 4.69) is 9.17 Å². The summed E-state index contributed by atoms with van der Waals surface area (Å²) in [5.74, 6) is 0.417. The van der Waals surface area contributed by atoms with Crippen LogP contribution < -0.4 is 10.5 Å². The lowest BCUT2D eigenvalue weighted by Gasteiger charge is -2.22. The van der Waals surface area contributed by atoms with Crippen LogP contribution in [0.5, 0.6) is 0 Å². The van der Waals surface area contributed by atoms with E-state index >= 15 is 0 Å². The van der Waals surface area contributed by atoms with Crippen LogP contribution >= 0.6 is 0 Å². The monoisotopic (exact) mass is 436 g/mol. The van der Waals surface area contributed by atoms with Crippen LogP contribution in [0.25, 0.3) is 0 Å². The first-order chi connectivity index (χ1) is 14.2. The highest BCUT2D eigenvalue weighted by molar-refractivity contribution is 7.85. The van der Waals surface area contributed by atoms with Gasteiger partial charge in [0, 0.05) is 19.6 Å². The second-order valence-corrected chi connectivity index (χ2v) is 8.82. The number of hydrogen-bond donors (Lipinski definition) is 0. The maximum Gasteiger partial charge on any atom is 0.376 e. The maximum atomic E-state index is 12.9. The summed E-state index contributed by atoms with van der Waals surface area (Å²) in [6.45, 7) is 2.61.